The number of aliphatic hydroxyl groups excluding tert-OH is 2. The van der Waals surface area contributed by atoms with E-state index in [1.807, 2.05) is 28.6 Å². The maximum absolute atomic E-state index is 14.2. The Kier molecular flexibility index (Phi) is 9.20. The molecule has 6 N–H and O–H groups in total. The SMILES string of the molecule is CNCc1cccc(C2C=CC3CCC4=C5CC6CC(CO)C(CCCO)C5(CC4=O)C6(C)CCSSCC34NC(N)=NCC24)c1. The number of nitrogens with two attached hydrogens (primary N) is 1. The van der Waals surface area contributed by atoms with Gasteiger partial charge in [-0.2, -0.15) is 0 Å². The van der Waals surface area contributed by atoms with E-state index in [1.165, 1.54) is 16.7 Å². The van der Waals surface area contributed by atoms with Gasteiger partial charge in [-0.15, -0.1) is 0 Å². The van der Waals surface area contributed by atoms with Crippen molar-refractivity contribution in [3.8, 4) is 0 Å². The highest BCUT2D eigenvalue weighted by Crippen LogP contribution is 2.75. The molecule has 1 aromatic carbocycles. The van der Waals surface area contributed by atoms with Crippen LogP contribution in [0.15, 0.2) is 52.6 Å². The predicted octanol–water partition coefficient (Wildman–Crippen LogP) is 5.20. The molecule has 6 aliphatic rings. The smallest absolute Gasteiger partial charge is 0.189 e. The normalized spacial score (nSPS) is 40.3. The quantitative estimate of drug-likeness (QED) is 0.200. The number of Topliss-reactive ketones (excluding diaryl/α,β-unsaturated/α-hetero) is 1. The van der Waals surface area contributed by atoms with Gasteiger partial charge in [0.15, 0.2) is 11.7 Å². The average molecular weight is 665 g/mol. The molecule has 0 radical (unpaired) electrons. The third-order valence-electron chi connectivity index (χ3n) is 13.4. The molecule has 2 aliphatic heterocycles. The fraction of sp³-hybridized carbons (Fsp3) is 0.676. The second-order valence-electron chi connectivity index (χ2n) is 15.2. The molecule has 2 heterocycles. The van der Waals surface area contributed by atoms with Crippen molar-refractivity contribution in [1.29, 1.82) is 0 Å². The van der Waals surface area contributed by atoms with E-state index in [0.29, 0.717) is 30.6 Å². The zero-order chi connectivity index (χ0) is 32.1. The Bertz CT molecular complexity index is 1430. The van der Waals surface area contributed by atoms with Crippen LogP contribution in [0.5, 0.6) is 0 Å². The van der Waals surface area contributed by atoms with Crippen molar-refractivity contribution in [1.82, 2.24) is 10.6 Å². The first-order valence-corrected chi connectivity index (χ1v) is 20.0. The van der Waals surface area contributed by atoms with Crippen LogP contribution >= 0.6 is 21.6 Å². The lowest BCUT2D eigenvalue weighted by Crippen LogP contribution is -2.67. The number of nitrogens with one attached hydrogen (secondary N) is 2. The monoisotopic (exact) mass is 664 g/mol. The van der Waals surface area contributed by atoms with Crippen molar-refractivity contribution in [3.05, 3.63) is 58.7 Å². The summed E-state index contributed by atoms with van der Waals surface area (Å²) in [6, 6.07) is 8.96. The number of carbonyl (C=O) groups excluding carboxylic acids is 1. The summed E-state index contributed by atoms with van der Waals surface area (Å²) in [6.45, 7) is 4.35. The summed E-state index contributed by atoms with van der Waals surface area (Å²) in [5, 5.41) is 27.6. The van der Waals surface area contributed by atoms with Gasteiger partial charge in [0.05, 0.1) is 5.54 Å². The molecule has 2 fully saturated rings. The molecule has 4 aliphatic carbocycles. The molecule has 7 nitrogen and oxygen atoms in total. The Hall–Kier alpha value is -1.78. The number of nitrogens with zero attached hydrogens (tertiary/aromatic N) is 1. The van der Waals surface area contributed by atoms with E-state index in [1.54, 1.807) is 0 Å². The van der Waals surface area contributed by atoms with Crippen molar-refractivity contribution in [2.75, 3.05) is 38.3 Å². The molecule has 9 atom stereocenters. The van der Waals surface area contributed by atoms with Gasteiger partial charge >= 0.3 is 0 Å². The van der Waals surface area contributed by atoms with Crippen LogP contribution in [0.1, 0.15) is 75.3 Å². The first kappa shape index (κ1) is 32.8. The van der Waals surface area contributed by atoms with E-state index in [0.717, 1.165) is 68.6 Å². The summed E-state index contributed by atoms with van der Waals surface area (Å²) in [5.74, 6) is 4.49. The van der Waals surface area contributed by atoms with E-state index < -0.39 is 0 Å². The first-order chi connectivity index (χ1) is 22.3. The Labute approximate surface area is 282 Å². The number of hydrogen-bond donors (Lipinski definition) is 5. The topological polar surface area (TPSA) is 120 Å². The highest BCUT2D eigenvalue weighted by Gasteiger charge is 2.69. The molecule has 250 valence electrons. The molecule has 9 unspecified atom stereocenters. The molecule has 5 bridgehead atoms. The van der Waals surface area contributed by atoms with E-state index in [2.05, 4.69) is 54.0 Å². The predicted molar refractivity (Wildman–Crippen MR) is 189 cm³/mol. The number of aliphatic hydroxyl groups is 2. The zero-order valence-electron chi connectivity index (χ0n) is 27.5. The van der Waals surface area contributed by atoms with Gasteiger partial charge in [0.2, 0.25) is 0 Å². The minimum atomic E-state index is -0.259. The third kappa shape index (κ3) is 5.05. The van der Waals surface area contributed by atoms with E-state index in [9.17, 15) is 15.0 Å². The van der Waals surface area contributed by atoms with Crippen molar-refractivity contribution < 1.29 is 15.0 Å². The van der Waals surface area contributed by atoms with Gasteiger partial charge in [0.25, 0.3) is 0 Å². The molecule has 1 aromatic rings. The van der Waals surface area contributed by atoms with Crippen LogP contribution in [0.2, 0.25) is 0 Å². The van der Waals surface area contributed by atoms with Crippen LogP contribution in [0.3, 0.4) is 0 Å². The van der Waals surface area contributed by atoms with Crippen LogP contribution < -0.4 is 16.4 Å². The molecule has 46 heavy (non-hydrogen) atoms. The summed E-state index contributed by atoms with van der Waals surface area (Å²) in [6.07, 6.45) is 11.9. The average Bonchev–Trinajstić information content (AvgIpc) is 3.38. The molecule has 0 amide bonds. The molecule has 2 spiro atoms. The largest absolute Gasteiger partial charge is 0.396 e. The lowest BCUT2D eigenvalue weighted by atomic mass is 9.47. The van der Waals surface area contributed by atoms with Crippen LogP contribution in [0.25, 0.3) is 0 Å². The van der Waals surface area contributed by atoms with Crippen molar-refractivity contribution >= 4 is 33.3 Å². The molecule has 9 heteroatoms. The number of ketones is 1. The van der Waals surface area contributed by atoms with E-state index in [-0.39, 0.29) is 59.2 Å². The van der Waals surface area contributed by atoms with Crippen LogP contribution in [0.4, 0.5) is 0 Å². The van der Waals surface area contributed by atoms with Gasteiger partial charge in [0, 0.05) is 67.4 Å². The number of carbonyl (C=O) groups is 1. The van der Waals surface area contributed by atoms with E-state index in [4.69, 9.17) is 10.7 Å². The summed E-state index contributed by atoms with van der Waals surface area (Å²) < 4.78 is 0. The fourth-order valence-electron chi connectivity index (χ4n) is 11.3. The Morgan fingerprint density at radius 3 is 2.89 bits per heavy atom. The molecule has 7 rings (SSSR count). The molecule has 0 aromatic heterocycles. The first-order valence-electron chi connectivity index (χ1n) is 17.5. The molecular formula is C37H52N4O3S2. The van der Waals surface area contributed by atoms with E-state index >= 15 is 0 Å². The van der Waals surface area contributed by atoms with Gasteiger partial charge in [0.1, 0.15) is 0 Å². The van der Waals surface area contributed by atoms with Gasteiger partial charge in [-0.3, -0.25) is 9.79 Å². The van der Waals surface area contributed by atoms with Crippen LogP contribution in [0, 0.1) is 40.4 Å². The van der Waals surface area contributed by atoms with Gasteiger partial charge in [-0.25, -0.2) is 0 Å². The minimum Gasteiger partial charge on any atom is -0.396 e. The van der Waals surface area contributed by atoms with Gasteiger partial charge in [-0.1, -0.05) is 70.5 Å². The Balaban J connectivity index is 1.28. The van der Waals surface area contributed by atoms with Crippen molar-refractivity contribution in [3.63, 3.8) is 0 Å². The fourth-order valence-corrected chi connectivity index (χ4v) is 14.1. The standard InChI is InChI=1S/C37H52N4O3S2/c1-35-12-14-45-46-22-37-26(8-10-28(32(37)20-40-34(38)41-37)24-6-3-5-23(15-24)19-39-2)9-11-29-31-17-27(35)16-25(21-43)30(7-4-13-42)36(31,35)18-33(29)44/h3,5-6,8,10,15,25-28,30,32,39,42-43H,4,7,9,11-14,16-22H2,1-2H3,(H3,38,40,41). The van der Waals surface area contributed by atoms with Gasteiger partial charge < -0.3 is 26.6 Å². The van der Waals surface area contributed by atoms with Gasteiger partial charge in [-0.05, 0) is 91.9 Å². The highest BCUT2D eigenvalue weighted by atomic mass is 33.1. The third-order valence-corrected chi connectivity index (χ3v) is 15.9. The maximum atomic E-state index is 14.2. The number of allylic oxidation sites excluding steroid dienone is 3. The van der Waals surface area contributed by atoms with Crippen molar-refractivity contribution in [2.24, 2.45) is 51.1 Å². The minimum absolute atomic E-state index is 0.0320. The lowest BCUT2D eigenvalue weighted by molar-refractivity contribution is -0.125. The summed E-state index contributed by atoms with van der Waals surface area (Å²) >= 11 is 0. The number of rotatable bonds is 7. The second kappa shape index (κ2) is 12.9. The molecule has 2 saturated carbocycles. The Morgan fingerprint density at radius 2 is 2.09 bits per heavy atom. The van der Waals surface area contributed by atoms with Crippen LogP contribution in [-0.4, -0.2) is 65.8 Å². The zero-order valence-corrected chi connectivity index (χ0v) is 29.1. The van der Waals surface area contributed by atoms with Crippen LogP contribution in [-0.2, 0) is 11.3 Å². The molecule has 0 saturated heterocycles. The number of benzene rings is 1. The maximum Gasteiger partial charge on any atom is 0.189 e. The molecular weight excluding hydrogens is 613 g/mol. The Morgan fingerprint density at radius 1 is 1.22 bits per heavy atom. The van der Waals surface area contributed by atoms with Crippen molar-refractivity contribution in [2.45, 2.75) is 76.3 Å². The number of guanidine groups is 1. The summed E-state index contributed by atoms with van der Waals surface area (Å²) in [7, 11) is 5.96. The second-order valence-corrected chi connectivity index (χ2v) is 17.7. The lowest BCUT2D eigenvalue weighted by Gasteiger charge is -2.57. The highest BCUT2D eigenvalue weighted by molar-refractivity contribution is 8.76. The summed E-state index contributed by atoms with van der Waals surface area (Å²) in [4.78, 5) is 19.0. The number of aliphatic imine (C=N–C) groups is 1. The number of hydrogen-bond acceptors (Lipinski definition) is 9. The summed E-state index contributed by atoms with van der Waals surface area (Å²) in [5.41, 5.74) is 11.2.